The van der Waals surface area contributed by atoms with Crippen molar-refractivity contribution in [2.24, 2.45) is 0 Å². The molecule has 4 aromatic heterocycles. The number of para-hydroxylation sites is 3. The Morgan fingerprint density at radius 1 is 0.466 bits per heavy atom. The SMILES string of the molecule is c1ccc(C2(c3ccccc3)c3ccccc3-c3cc4c(cc32)c2c3ccccc3sc2n4-c2ccc(-c3nc4ccccc4n4c3cc3ccccc34)cc2)cc1. The van der Waals surface area contributed by atoms with Crippen LogP contribution >= 0.6 is 11.3 Å². The highest BCUT2D eigenvalue weighted by atomic mass is 32.1. The third-order valence-electron chi connectivity index (χ3n) is 12.6. The largest absolute Gasteiger partial charge is 0.306 e. The fraction of sp³-hybridized carbons (Fsp3) is 0.0185. The van der Waals surface area contributed by atoms with Gasteiger partial charge in [-0.3, -0.25) is 0 Å². The summed E-state index contributed by atoms with van der Waals surface area (Å²) in [5.74, 6) is 0. The van der Waals surface area contributed by atoms with Gasteiger partial charge in [0.1, 0.15) is 4.83 Å². The molecular weight excluding hydrogens is 723 g/mol. The monoisotopic (exact) mass is 755 g/mol. The van der Waals surface area contributed by atoms with E-state index in [2.05, 4.69) is 209 Å². The van der Waals surface area contributed by atoms with Crippen LogP contribution in [0.1, 0.15) is 22.3 Å². The molecule has 0 atom stereocenters. The van der Waals surface area contributed by atoms with Crippen molar-refractivity contribution in [1.29, 1.82) is 0 Å². The Kier molecular flexibility index (Phi) is 6.53. The Labute approximate surface area is 338 Å². The molecule has 0 spiro atoms. The van der Waals surface area contributed by atoms with Gasteiger partial charge >= 0.3 is 0 Å². The van der Waals surface area contributed by atoms with Gasteiger partial charge in [0.05, 0.1) is 38.7 Å². The van der Waals surface area contributed by atoms with Crippen LogP contribution in [0.3, 0.4) is 0 Å². The van der Waals surface area contributed by atoms with Gasteiger partial charge in [0.25, 0.3) is 0 Å². The summed E-state index contributed by atoms with van der Waals surface area (Å²) in [6.07, 6.45) is 0. The van der Waals surface area contributed by atoms with Crippen molar-refractivity contribution in [3.05, 3.63) is 222 Å². The summed E-state index contributed by atoms with van der Waals surface area (Å²) in [7, 11) is 0. The Hall–Kier alpha value is -7.27. The first-order valence-electron chi connectivity index (χ1n) is 19.9. The number of hydrogen-bond acceptors (Lipinski definition) is 2. The van der Waals surface area contributed by atoms with Crippen molar-refractivity contribution in [3.63, 3.8) is 0 Å². The van der Waals surface area contributed by atoms with E-state index in [-0.39, 0.29) is 0 Å². The van der Waals surface area contributed by atoms with Gasteiger partial charge in [-0.15, -0.1) is 11.3 Å². The van der Waals surface area contributed by atoms with Crippen LogP contribution in [0.2, 0.25) is 0 Å². The summed E-state index contributed by atoms with van der Waals surface area (Å²) >= 11 is 1.88. The second-order valence-electron chi connectivity index (χ2n) is 15.5. The molecule has 4 heterocycles. The standard InChI is InChI=1S/C54H33N3S/c1-3-16-36(17-4-1)54(37-18-5-2-6-19-37)43-22-10-8-20-39(43)41-33-48-42(32-44(41)54)51-40-21-9-14-26-50(40)58-53(51)56(48)38-29-27-34(28-30-38)52-49-31-35-15-7-12-24-46(35)57(49)47-25-13-11-23-45(47)55-52/h1-33H. The predicted octanol–water partition coefficient (Wildman–Crippen LogP) is 14.0. The second-order valence-corrected chi connectivity index (χ2v) is 16.5. The van der Waals surface area contributed by atoms with Gasteiger partial charge in [-0.1, -0.05) is 146 Å². The zero-order chi connectivity index (χ0) is 38.0. The second kappa shape index (κ2) is 11.9. The maximum absolute atomic E-state index is 5.29. The van der Waals surface area contributed by atoms with E-state index in [4.69, 9.17) is 4.98 Å². The molecule has 1 aliphatic rings. The molecule has 3 nitrogen and oxygen atoms in total. The molecule has 0 unspecified atom stereocenters. The van der Waals surface area contributed by atoms with Gasteiger partial charge in [-0.2, -0.15) is 0 Å². The van der Waals surface area contributed by atoms with E-state index in [0.717, 1.165) is 33.5 Å². The summed E-state index contributed by atoms with van der Waals surface area (Å²) in [5, 5.41) is 5.09. The highest BCUT2D eigenvalue weighted by Gasteiger charge is 2.46. The molecule has 0 N–H and O–H groups in total. The zero-order valence-electron chi connectivity index (χ0n) is 31.3. The lowest BCUT2D eigenvalue weighted by Crippen LogP contribution is -2.28. The summed E-state index contributed by atoms with van der Waals surface area (Å²) in [5.41, 5.74) is 16.1. The van der Waals surface area contributed by atoms with Crippen LogP contribution in [0.25, 0.3) is 86.7 Å². The molecule has 8 aromatic carbocycles. The molecule has 0 fully saturated rings. The third kappa shape index (κ3) is 4.19. The van der Waals surface area contributed by atoms with Crippen molar-refractivity contribution in [2.75, 3.05) is 0 Å². The molecule has 0 saturated heterocycles. The molecule has 270 valence electrons. The first-order valence-corrected chi connectivity index (χ1v) is 20.7. The van der Waals surface area contributed by atoms with Gasteiger partial charge in [0, 0.05) is 37.5 Å². The average molecular weight is 756 g/mol. The maximum Gasteiger partial charge on any atom is 0.109 e. The third-order valence-corrected chi connectivity index (χ3v) is 13.7. The zero-order valence-corrected chi connectivity index (χ0v) is 32.1. The van der Waals surface area contributed by atoms with Crippen molar-refractivity contribution < 1.29 is 0 Å². The molecule has 0 radical (unpaired) electrons. The topological polar surface area (TPSA) is 22.2 Å². The van der Waals surface area contributed by atoms with Gasteiger partial charge in [-0.25, -0.2) is 4.98 Å². The number of fused-ring (bicyclic) bond motifs is 13. The van der Waals surface area contributed by atoms with E-state index in [0.29, 0.717) is 0 Å². The molecule has 12 aromatic rings. The summed E-state index contributed by atoms with van der Waals surface area (Å²) < 4.78 is 6.16. The van der Waals surface area contributed by atoms with Crippen molar-refractivity contribution in [1.82, 2.24) is 14.0 Å². The van der Waals surface area contributed by atoms with E-state index in [1.807, 2.05) is 11.3 Å². The number of benzene rings is 8. The summed E-state index contributed by atoms with van der Waals surface area (Å²) in [6, 6.07) is 73.6. The lowest BCUT2D eigenvalue weighted by Gasteiger charge is -2.34. The van der Waals surface area contributed by atoms with Crippen molar-refractivity contribution >= 4 is 70.0 Å². The van der Waals surface area contributed by atoms with E-state index >= 15 is 0 Å². The minimum Gasteiger partial charge on any atom is -0.306 e. The van der Waals surface area contributed by atoms with Gasteiger partial charge < -0.3 is 8.97 Å². The van der Waals surface area contributed by atoms with E-state index in [1.54, 1.807) is 0 Å². The predicted molar refractivity (Wildman–Crippen MR) is 243 cm³/mol. The highest BCUT2D eigenvalue weighted by molar-refractivity contribution is 7.25. The van der Waals surface area contributed by atoms with Crippen LogP contribution in [0.5, 0.6) is 0 Å². The van der Waals surface area contributed by atoms with Crippen LogP contribution in [0.15, 0.2) is 200 Å². The smallest absolute Gasteiger partial charge is 0.109 e. The van der Waals surface area contributed by atoms with E-state index in [1.165, 1.54) is 75.5 Å². The number of aromatic nitrogens is 3. The molecule has 0 saturated carbocycles. The lowest BCUT2D eigenvalue weighted by molar-refractivity contribution is 0.769. The minimum absolute atomic E-state index is 0.466. The van der Waals surface area contributed by atoms with E-state index in [9.17, 15) is 0 Å². The van der Waals surface area contributed by atoms with Crippen LogP contribution in [-0.2, 0) is 5.41 Å². The molecule has 4 heteroatoms. The van der Waals surface area contributed by atoms with E-state index < -0.39 is 5.41 Å². The first-order chi connectivity index (χ1) is 28.8. The molecule has 0 bridgehead atoms. The normalized spacial score (nSPS) is 13.3. The molecule has 0 amide bonds. The first kappa shape index (κ1) is 31.9. The Bertz CT molecular complexity index is 3570. The maximum atomic E-state index is 5.29. The number of rotatable bonds is 4. The summed E-state index contributed by atoms with van der Waals surface area (Å²) in [6.45, 7) is 0. The van der Waals surface area contributed by atoms with Gasteiger partial charge in [0.15, 0.2) is 0 Å². The Morgan fingerprint density at radius 2 is 1.14 bits per heavy atom. The van der Waals surface area contributed by atoms with Crippen LogP contribution < -0.4 is 0 Å². The summed E-state index contributed by atoms with van der Waals surface area (Å²) in [4.78, 5) is 6.55. The molecule has 0 aliphatic heterocycles. The molecular formula is C54H33N3S. The highest BCUT2D eigenvalue weighted by Crippen LogP contribution is 2.58. The van der Waals surface area contributed by atoms with Gasteiger partial charge in [-0.05, 0) is 88.0 Å². The van der Waals surface area contributed by atoms with Crippen LogP contribution in [0, 0.1) is 0 Å². The van der Waals surface area contributed by atoms with Crippen LogP contribution in [-0.4, -0.2) is 14.0 Å². The quantitative estimate of drug-likeness (QED) is 0.175. The minimum atomic E-state index is -0.466. The molecule has 58 heavy (non-hydrogen) atoms. The number of hydrogen-bond donors (Lipinski definition) is 0. The molecule has 1 aliphatic carbocycles. The number of nitrogens with zero attached hydrogens (tertiary/aromatic N) is 3. The Morgan fingerprint density at radius 3 is 1.95 bits per heavy atom. The lowest BCUT2D eigenvalue weighted by atomic mass is 9.67. The average Bonchev–Trinajstić information content (AvgIpc) is 4.03. The van der Waals surface area contributed by atoms with Crippen molar-refractivity contribution in [3.8, 4) is 28.1 Å². The fourth-order valence-electron chi connectivity index (χ4n) is 10.2. The Balaban J connectivity index is 1.08. The van der Waals surface area contributed by atoms with Gasteiger partial charge in [0.2, 0.25) is 0 Å². The van der Waals surface area contributed by atoms with Crippen LogP contribution in [0.4, 0.5) is 0 Å². The number of thiophene rings is 1. The van der Waals surface area contributed by atoms with Crippen molar-refractivity contribution in [2.45, 2.75) is 5.41 Å². The molecule has 13 rings (SSSR count). The fourth-order valence-corrected chi connectivity index (χ4v) is 11.4.